The van der Waals surface area contributed by atoms with Gasteiger partial charge in [0.25, 0.3) is 0 Å². The molecule has 2 unspecified atom stereocenters. The van der Waals surface area contributed by atoms with E-state index in [2.05, 4.69) is 72.0 Å². The molecule has 1 saturated carbocycles. The van der Waals surface area contributed by atoms with Crippen molar-refractivity contribution >= 4 is 0 Å². The summed E-state index contributed by atoms with van der Waals surface area (Å²) < 4.78 is 0. The molecule has 0 amide bonds. The zero-order valence-electron chi connectivity index (χ0n) is 20.7. The van der Waals surface area contributed by atoms with Crippen molar-refractivity contribution in [3.05, 3.63) is 60.2 Å². The first-order valence-corrected chi connectivity index (χ1v) is 12.5. The van der Waals surface area contributed by atoms with Gasteiger partial charge < -0.3 is 0 Å². The van der Waals surface area contributed by atoms with E-state index in [0.717, 1.165) is 24.7 Å². The summed E-state index contributed by atoms with van der Waals surface area (Å²) in [6.07, 6.45) is 16.3. The predicted molar refractivity (Wildman–Crippen MR) is 135 cm³/mol. The van der Waals surface area contributed by atoms with Gasteiger partial charge in [0.15, 0.2) is 0 Å². The van der Waals surface area contributed by atoms with Crippen LogP contribution in [0.15, 0.2) is 49.1 Å². The first-order valence-electron chi connectivity index (χ1n) is 12.5. The Hall–Kier alpha value is -1.30. The molecule has 0 saturated heterocycles. The van der Waals surface area contributed by atoms with Crippen LogP contribution in [0.5, 0.6) is 0 Å². The van der Waals surface area contributed by atoms with E-state index in [1.165, 1.54) is 74.5 Å². The quantitative estimate of drug-likeness (QED) is 0.302. The molecular weight excluding hydrogens is 360 g/mol. The maximum absolute atomic E-state index is 4.31. The number of rotatable bonds is 12. The molecule has 0 bridgehead atoms. The molecule has 168 valence electrons. The molecule has 1 aromatic rings. The number of hydrogen-bond acceptors (Lipinski definition) is 0. The first-order chi connectivity index (χ1) is 14.2. The van der Waals surface area contributed by atoms with Gasteiger partial charge in [0.2, 0.25) is 0 Å². The van der Waals surface area contributed by atoms with Crippen molar-refractivity contribution in [1.82, 2.24) is 0 Å². The number of benzene rings is 1. The minimum atomic E-state index is 0.398. The maximum Gasteiger partial charge on any atom is -0.00974 e. The Kier molecular flexibility index (Phi) is 9.45. The largest absolute Gasteiger partial charge is 0.103 e. The summed E-state index contributed by atoms with van der Waals surface area (Å²) >= 11 is 0. The van der Waals surface area contributed by atoms with E-state index in [-0.39, 0.29) is 0 Å². The standard InChI is InChI=1S/C30H48/c1-8-13-26-14-10-11-15-27(26)18-17-25(4)19-21-30(7)20-12-16-28(23-30)29(5,6)22-24(3)9-2/h8,10-11,14-15,25,28H,1,3,9,12-13,16-23H2,2,4-7H3/t25?,28?,30-/m0/s1. The zero-order chi connectivity index (χ0) is 22.2. The van der Waals surface area contributed by atoms with Gasteiger partial charge in [-0.25, -0.2) is 0 Å². The van der Waals surface area contributed by atoms with E-state index < -0.39 is 0 Å². The van der Waals surface area contributed by atoms with Crippen molar-refractivity contribution in [2.24, 2.45) is 22.7 Å². The lowest BCUT2D eigenvalue weighted by Crippen LogP contribution is -2.34. The highest BCUT2D eigenvalue weighted by Gasteiger charge is 2.39. The van der Waals surface area contributed by atoms with Crippen LogP contribution in [0.2, 0.25) is 0 Å². The van der Waals surface area contributed by atoms with E-state index >= 15 is 0 Å². The van der Waals surface area contributed by atoms with Crippen LogP contribution in [0.4, 0.5) is 0 Å². The van der Waals surface area contributed by atoms with E-state index in [4.69, 9.17) is 0 Å². The molecule has 0 aliphatic heterocycles. The van der Waals surface area contributed by atoms with Crippen LogP contribution in [0.25, 0.3) is 0 Å². The summed E-state index contributed by atoms with van der Waals surface area (Å²) in [6, 6.07) is 8.92. The topological polar surface area (TPSA) is 0 Å². The fraction of sp³-hybridized carbons (Fsp3) is 0.667. The summed E-state index contributed by atoms with van der Waals surface area (Å²) in [5.41, 5.74) is 5.33. The molecule has 0 spiro atoms. The molecular formula is C30H48. The molecule has 0 heteroatoms. The van der Waals surface area contributed by atoms with Gasteiger partial charge in [0.1, 0.15) is 0 Å². The molecule has 0 heterocycles. The van der Waals surface area contributed by atoms with Crippen molar-refractivity contribution < 1.29 is 0 Å². The van der Waals surface area contributed by atoms with E-state index in [0.29, 0.717) is 10.8 Å². The molecule has 3 atom stereocenters. The Morgan fingerprint density at radius 1 is 1.23 bits per heavy atom. The highest BCUT2D eigenvalue weighted by Crippen LogP contribution is 2.50. The van der Waals surface area contributed by atoms with Gasteiger partial charge in [0.05, 0.1) is 0 Å². The highest BCUT2D eigenvalue weighted by atomic mass is 14.4. The van der Waals surface area contributed by atoms with Crippen LogP contribution in [-0.2, 0) is 12.8 Å². The van der Waals surface area contributed by atoms with Crippen LogP contribution in [0.3, 0.4) is 0 Å². The second-order valence-electron chi connectivity index (χ2n) is 11.3. The molecule has 1 fully saturated rings. The van der Waals surface area contributed by atoms with Crippen molar-refractivity contribution in [2.75, 3.05) is 0 Å². The lowest BCUT2D eigenvalue weighted by Gasteiger charge is -2.46. The van der Waals surface area contributed by atoms with Gasteiger partial charge >= 0.3 is 0 Å². The summed E-state index contributed by atoms with van der Waals surface area (Å²) in [5.74, 6) is 1.65. The van der Waals surface area contributed by atoms with Crippen LogP contribution in [-0.4, -0.2) is 0 Å². The van der Waals surface area contributed by atoms with Gasteiger partial charge in [-0.1, -0.05) is 90.0 Å². The first kappa shape index (κ1) is 25.0. The van der Waals surface area contributed by atoms with Crippen molar-refractivity contribution in [2.45, 2.75) is 105 Å². The smallest absolute Gasteiger partial charge is 0.00974 e. The third kappa shape index (κ3) is 7.44. The van der Waals surface area contributed by atoms with Crippen LogP contribution >= 0.6 is 0 Å². The van der Waals surface area contributed by atoms with Gasteiger partial charge in [-0.3, -0.25) is 0 Å². The number of hydrogen-bond donors (Lipinski definition) is 0. The zero-order valence-corrected chi connectivity index (χ0v) is 20.7. The Morgan fingerprint density at radius 3 is 2.60 bits per heavy atom. The van der Waals surface area contributed by atoms with Crippen molar-refractivity contribution in [3.8, 4) is 0 Å². The van der Waals surface area contributed by atoms with E-state index in [9.17, 15) is 0 Å². The molecule has 1 aliphatic carbocycles. The summed E-state index contributed by atoms with van der Waals surface area (Å²) in [7, 11) is 0. The van der Waals surface area contributed by atoms with Crippen LogP contribution in [0.1, 0.15) is 104 Å². The Morgan fingerprint density at radius 2 is 1.93 bits per heavy atom. The third-order valence-electron chi connectivity index (χ3n) is 8.01. The molecule has 1 aliphatic rings. The molecule has 1 aromatic carbocycles. The Bertz CT molecular complexity index is 679. The fourth-order valence-electron chi connectivity index (χ4n) is 5.68. The summed E-state index contributed by atoms with van der Waals surface area (Å²) in [5, 5.41) is 0. The van der Waals surface area contributed by atoms with Crippen molar-refractivity contribution in [1.29, 1.82) is 0 Å². The number of allylic oxidation sites excluding steroid dienone is 2. The lowest BCUT2D eigenvalue weighted by molar-refractivity contribution is 0.0622. The Balaban J connectivity index is 1.86. The molecule has 2 rings (SSSR count). The van der Waals surface area contributed by atoms with E-state index in [1.807, 2.05) is 6.08 Å². The Labute approximate surface area is 188 Å². The normalized spacial score (nSPS) is 23.2. The van der Waals surface area contributed by atoms with Crippen molar-refractivity contribution in [3.63, 3.8) is 0 Å². The fourth-order valence-corrected chi connectivity index (χ4v) is 5.68. The predicted octanol–water partition coefficient (Wildman–Crippen LogP) is 9.34. The van der Waals surface area contributed by atoms with Gasteiger partial charge in [-0.15, -0.1) is 6.58 Å². The molecule has 0 N–H and O–H groups in total. The van der Waals surface area contributed by atoms with Crippen LogP contribution in [0, 0.1) is 22.7 Å². The molecule has 0 aromatic heterocycles. The number of aryl methyl sites for hydroxylation is 1. The third-order valence-corrected chi connectivity index (χ3v) is 8.01. The van der Waals surface area contributed by atoms with Crippen LogP contribution < -0.4 is 0 Å². The van der Waals surface area contributed by atoms with Gasteiger partial charge in [0, 0.05) is 0 Å². The molecule has 30 heavy (non-hydrogen) atoms. The summed E-state index contributed by atoms with van der Waals surface area (Å²) in [6.45, 7) is 20.5. The summed E-state index contributed by atoms with van der Waals surface area (Å²) in [4.78, 5) is 0. The maximum atomic E-state index is 4.31. The average molecular weight is 409 g/mol. The second kappa shape index (κ2) is 11.4. The second-order valence-corrected chi connectivity index (χ2v) is 11.3. The monoisotopic (exact) mass is 408 g/mol. The molecule has 0 radical (unpaired) electrons. The minimum Gasteiger partial charge on any atom is -0.103 e. The SMILES string of the molecule is C=CCc1ccccc1CCC(C)CC[C@]1(C)CCCC(C(C)(C)CC(=C)CC)C1. The molecule has 0 nitrogen and oxygen atoms in total. The average Bonchev–Trinajstić information content (AvgIpc) is 2.71. The highest BCUT2D eigenvalue weighted by molar-refractivity contribution is 5.28. The van der Waals surface area contributed by atoms with E-state index in [1.54, 1.807) is 0 Å². The lowest BCUT2D eigenvalue weighted by atomic mass is 9.60. The van der Waals surface area contributed by atoms with Gasteiger partial charge in [-0.05, 0) is 91.6 Å². The minimum absolute atomic E-state index is 0.398. The van der Waals surface area contributed by atoms with Gasteiger partial charge in [-0.2, -0.15) is 0 Å².